The van der Waals surface area contributed by atoms with Crippen LogP contribution in [0.25, 0.3) is 0 Å². The van der Waals surface area contributed by atoms with Crippen molar-refractivity contribution in [2.24, 2.45) is 11.7 Å². The van der Waals surface area contributed by atoms with Gasteiger partial charge in [0.2, 0.25) is 0 Å². The lowest BCUT2D eigenvalue weighted by Gasteiger charge is -2.36. The molecule has 0 aliphatic heterocycles. The van der Waals surface area contributed by atoms with Gasteiger partial charge in [0.25, 0.3) is 0 Å². The third kappa shape index (κ3) is 3.78. The molecule has 0 amide bonds. The Morgan fingerprint density at radius 2 is 2.20 bits per heavy atom. The fourth-order valence-electron chi connectivity index (χ4n) is 2.83. The SMILES string of the molecule is COCCN(C(CN)c1ccc(C)nc1)C(C)C1CC1. The van der Waals surface area contributed by atoms with Gasteiger partial charge in [-0.15, -0.1) is 0 Å². The van der Waals surface area contributed by atoms with Crippen molar-refractivity contribution in [3.05, 3.63) is 29.6 Å². The number of hydrogen-bond donors (Lipinski definition) is 1. The van der Waals surface area contributed by atoms with Crippen molar-refractivity contribution in [2.75, 3.05) is 26.8 Å². The molecule has 1 aromatic rings. The molecule has 0 spiro atoms. The van der Waals surface area contributed by atoms with Crippen molar-refractivity contribution in [1.29, 1.82) is 0 Å². The van der Waals surface area contributed by atoms with Crippen molar-refractivity contribution in [2.45, 2.75) is 38.8 Å². The van der Waals surface area contributed by atoms with E-state index >= 15 is 0 Å². The number of pyridine rings is 1. The number of aromatic nitrogens is 1. The topological polar surface area (TPSA) is 51.4 Å². The summed E-state index contributed by atoms with van der Waals surface area (Å²) in [5, 5.41) is 0. The second-order valence-electron chi connectivity index (χ2n) is 5.79. The van der Waals surface area contributed by atoms with E-state index < -0.39 is 0 Å². The summed E-state index contributed by atoms with van der Waals surface area (Å²) in [6.45, 7) is 6.61. The van der Waals surface area contributed by atoms with Crippen LogP contribution in [-0.4, -0.2) is 42.7 Å². The first kappa shape index (κ1) is 15.4. The highest BCUT2D eigenvalue weighted by molar-refractivity contribution is 5.18. The van der Waals surface area contributed by atoms with Crippen LogP contribution in [0.2, 0.25) is 0 Å². The summed E-state index contributed by atoms with van der Waals surface area (Å²) in [5.41, 5.74) is 8.32. The van der Waals surface area contributed by atoms with E-state index in [-0.39, 0.29) is 6.04 Å². The van der Waals surface area contributed by atoms with Crippen LogP contribution in [0.5, 0.6) is 0 Å². The number of ether oxygens (including phenoxy) is 1. The maximum atomic E-state index is 6.06. The molecule has 1 aromatic heterocycles. The summed E-state index contributed by atoms with van der Waals surface area (Å²) in [7, 11) is 1.75. The van der Waals surface area contributed by atoms with Crippen LogP contribution >= 0.6 is 0 Å². The lowest BCUT2D eigenvalue weighted by molar-refractivity contribution is 0.0833. The Balaban J connectivity index is 2.16. The highest BCUT2D eigenvalue weighted by Gasteiger charge is 2.35. The smallest absolute Gasteiger partial charge is 0.0590 e. The van der Waals surface area contributed by atoms with E-state index in [1.165, 1.54) is 18.4 Å². The maximum Gasteiger partial charge on any atom is 0.0590 e. The first-order valence-electron chi connectivity index (χ1n) is 7.54. The summed E-state index contributed by atoms with van der Waals surface area (Å²) >= 11 is 0. The fraction of sp³-hybridized carbons (Fsp3) is 0.688. The Morgan fingerprint density at radius 1 is 1.45 bits per heavy atom. The van der Waals surface area contributed by atoms with E-state index in [2.05, 4.69) is 28.9 Å². The van der Waals surface area contributed by atoms with Crippen LogP contribution in [0.1, 0.15) is 37.1 Å². The molecule has 1 saturated carbocycles. The quantitative estimate of drug-likeness (QED) is 0.791. The van der Waals surface area contributed by atoms with Crippen molar-refractivity contribution in [3.63, 3.8) is 0 Å². The molecule has 2 unspecified atom stereocenters. The monoisotopic (exact) mass is 277 g/mol. The normalized spacial score (nSPS) is 18.2. The average Bonchev–Trinajstić information content (AvgIpc) is 3.29. The molecular formula is C16H27N3O. The molecule has 0 aromatic carbocycles. The number of rotatable bonds is 8. The number of hydrogen-bond acceptors (Lipinski definition) is 4. The Labute approximate surface area is 122 Å². The lowest BCUT2D eigenvalue weighted by Crippen LogP contribution is -2.43. The molecule has 2 N–H and O–H groups in total. The zero-order valence-corrected chi connectivity index (χ0v) is 12.9. The largest absolute Gasteiger partial charge is 0.383 e. The molecule has 1 aliphatic carbocycles. The van der Waals surface area contributed by atoms with Gasteiger partial charge in [-0.3, -0.25) is 9.88 Å². The molecule has 1 heterocycles. The molecule has 1 aliphatic rings. The van der Waals surface area contributed by atoms with Gasteiger partial charge in [0.15, 0.2) is 0 Å². The van der Waals surface area contributed by atoms with Gasteiger partial charge in [-0.05, 0) is 44.2 Å². The minimum absolute atomic E-state index is 0.230. The number of nitrogens with zero attached hydrogens (tertiary/aromatic N) is 2. The molecule has 2 rings (SSSR count). The highest BCUT2D eigenvalue weighted by Crippen LogP contribution is 2.37. The summed E-state index contributed by atoms with van der Waals surface area (Å²) in [5.74, 6) is 0.819. The van der Waals surface area contributed by atoms with Gasteiger partial charge in [0.1, 0.15) is 0 Å². The van der Waals surface area contributed by atoms with Crippen LogP contribution in [0.15, 0.2) is 18.3 Å². The van der Waals surface area contributed by atoms with Crippen molar-refractivity contribution >= 4 is 0 Å². The van der Waals surface area contributed by atoms with Gasteiger partial charge >= 0.3 is 0 Å². The molecule has 0 saturated heterocycles. The standard InChI is InChI=1S/C16H27N3O/c1-12-4-5-15(11-18-12)16(10-17)19(8-9-20-3)13(2)14-6-7-14/h4-5,11,13-14,16H,6-10,17H2,1-3H3. The van der Waals surface area contributed by atoms with Crippen LogP contribution in [0.4, 0.5) is 0 Å². The first-order valence-corrected chi connectivity index (χ1v) is 7.54. The van der Waals surface area contributed by atoms with E-state index in [0.717, 1.165) is 24.8 Å². The Bertz CT molecular complexity index is 403. The Hall–Kier alpha value is -0.970. The molecule has 2 atom stereocenters. The summed E-state index contributed by atoms with van der Waals surface area (Å²) in [6.07, 6.45) is 4.65. The average molecular weight is 277 g/mol. The van der Waals surface area contributed by atoms with E-state index in [1.54, 1.807) is 7.11 Å². The maximum absolute atomic E-state index is 6.06. The minimum atomic E-state index is 0.230. The van der Waals surface area contributed by atoms with E-state index in [4.69, 9.17) is 10.5 Å². The number of nitrogens with two attached hydrogens (primary N) is 1. The Morgan fingerprint density at radius 3 is 2.70 bits per heavy atom. The predicted octanol–water partition coefficient (Wildman–Crippen LogP) is 2.14. The third-order valence-electron chi connectivity index (χ3n) is 4.32. The summed E-state index contributed by atoms with van der Waals surface area (Å²) < 4.78 is 5.27. The van der Waals surface area contributed by atoms with Crippen molar-refractivity contribution in [1.82, 2.24) is 9.88 Å². The van der Waals surface area contributed by atoms with Crippen LogP contribution < -0.4 is 5.73 Å². The number of aryl methyl sites for hydroxylation is 1. The van der Waals surface area contributed by atoms with Crippen LogP contribution in [0, 0.1) is 12.8 Å². The second-order valence-corrected chi connectivity index (χ2v) is 5.79. The van der Waals surface area contributed by atoms with Crippen LogP contribution in [-0.2, 0) is 4.74 Å². The van der Waals surface area contributed by atoms with Gasteiger partial charge in [-0.25, -0.2) is 0 Å². The van der Waals surface area contributed by atoms with Gasteiger partial charge in [0, 0.05) is 44.2 Å². The zero-order chi connectivity index (χ0) is 14.5. The van der Waals surface area contributed by atoms with Gasteiger partial charge in [-0.2, -0.15) is 0 Å². The van der Waals surface area contributed by atoms with Gasteiger partial charge in [-0.1, -0.05) is 6.07 Å². The first-order chi connectivity index (χ1) is 9.67. The molecule has 20 heavy (non-hydrogen) atoms. The molecule has 0 radical (unpaired) electrons. The second kappa shape index (κ2) is 7.16. The molecular weight excluding hydrogens is 250 g/mol. The molecule has 4 nitrogen and oxygen atoms in total. The molecule has 0 bridgehead atoms. The van der Waals surface area contributed by atoms with Crippen molar-refractivity contribution < 1.29 is 4.74 Å². The molecule has 1 fully saturated rings. The highest BCUT2D eigenvalue weighted by atomic mass is 16.5. The van der Waals surface area contributed by atoms with Crippen LogP contribution in [0.3, 0.4) is 0 Å². The molecule has 4 heteroatoms. The lowest BCUT2D eigenvalue weighted by atomic mass is 10.0. The minimum Gasteiger partial charge on any atom is -0.383 e. The van der Waals surface area contributed by atoms with E-state index in [1.807, 2.05) is 13.1 Å². The predicted molar refractivity (Wildman–Crippen MR) is 81.5 cm³/mol. The van der Waals surface area contributed by atoms with E-state index in [9.17, 15) is 0 Å². The summed E-state index contributed by atoms with van der Waals surface area (Å²) in [6, 6.07) is 5.00. The van der Waals surface area contributed by atoms with Crippen molar-refractivity contribution in [3.8, 4) is 0 Å². The fourth-order valence-corrected chi connectivity index (χ4v) is 2.83. The van der Waals surface area contributed by atoms with Gasteiger partial charge in [0.05, 0.1) is 6.61 Å². The van der Waals surface area contributed by atoms with Gasteiger partial charge < -0.3 is 10.5 Å². The Kier molecular flexibility index (Phi) is 5.52. The summed E-state index contributed by atoms with van der Waals surface area (Å²) in [4.78, 5) is 6.91. The van der Waals surface area contributed by atoms with E-state index in [0.29, 0.717) is 12.6 Å². The zero-order valence-electron chi connectivity index (χ0n) is 12.9. The third-order valence-corrected chi connectivity index (χ3v) is 4.32. The molecule has 112 valence electrons. The number of methoxy groups -OCH3 is 1.